The molecule has 0 radical (unpaired) electrons. The van der Waals surface area contributed by atoms with Gasteiger partial charge < -0.3 is 0 Å². The van der Waals surface area contributed by atoms with Crippen LogP contribution < -0.4 is 0 Å². The summed E-state index contributed by atoms with van der Waals surface area (Å²) in [5, 5.41) is 25.7. The Bertz CT molecular complexity index is 278. The van der Waals surface area contributed by atoms with Gasteiger partial charge in [0.2, 0.25) is 0 Å². The molecule has 0 fully saturated rings. The Labute approximate surface area is 95.9 Å². The van der Waals surface area contributed by atoms with Crippen molar-refractivity contribution in [3.05, 3.63) is 0 Å². The third kappa shape index (κ3) is 6.30. The monoisotopic (exact) mass is 241 g/mol. The molecule has 0 spiro atoms. The van der Waals surface area contributed by atoms with Crippen LogP contribution in [0.4, 0.5) is 0 Å². The van der Waals surface area contributed by atoms with Crippen molar-refractivity contribution < 1.29 is 13.6 Å². The first-order chi connectivity index (χ1) is 7.53. The first kappa shape index (κ1) is 14.8. The van der Waals surface area contributed by atoms with Crippen molar-refractivity contribution in [2.24, 2.45) is 0 Å². The maximum atomic E-state index is 8.56. The van der Waals surface area contributed by atoms with Gasteiger partial charge in [-0.2, -0.15) is 15.8 Å². The molecule has 0 heterocycles. The second-order valence-corrected chi connectivity index (χ2v) is 3.93. The summed E-state index contributed by atoms with van der Waals surface area (Å²) in [5.74, 6) is 0. The van der Waals surface area contributed by atoms with Gasteiger partial charge in [0.25, 0.3) is 0 Å². The SMILES string of the molecule is CC(C#N)OP(OC(C)C#N)OC(C)C#N. The standard InChI is InChI=1S/C9H12N3O3P/c1-7(4-10)13-16(14-8(2)5-11)15-9(3)6-12/h7-9H,1-3H3. The number of rotatable bonds is 6. The Balaban J connectivity index is 4.35. The molecule has 0 N–H and O–H groups in total. The highest BCUT2D eigenvalue weighted by Gasteiger charge is 2.22. The minimum atomic E-state index is -1.86. The fourth-order valence-corrected chi connectivity index (χ4v) is 1.60. The van der Waals surface area contributed by atoms with Crippen LogP contribution in [-0.4, -0.2) is 18.3 Å². The van der Waals surface area contributed by atoms with E-state index < -0.39 is 26.9 Å². The first-order valence-corrected chi connectivity index (χ1v) is 5.62. The minimum absolute atomic E-state index is 0.720. The second kappa shape index (κ2) is 7.99. The Kier molecular flexibility index (Phi) is 7.38. The molecule has 7 heteroatoms. The molecule has 0 saturated heterocycles. The fraction of sp³-hybridized carbons (Fsp3) is 0.667. The van der Waals surface area contributed by atoms with E-state index in [0.29, 0.717) is 0 Å². The maximum absolute atomic E-state index is 8.56. The van der Waals surface area contributed by atoms with Gasteiger partial charge in [0.15, 0.2) is 0 Å². The minimum Gasteiger partial charge on any atom is -0.294 e. The molecule has 0 aliphatic heterocycles. The van der Waals surface area contributed by atoms with E-state index in [1.54, 1.807) is 0 Å². The van der Waals surface area contributed by atoms with Crippen LogP contribution in [0.15, 0.2) is 0 Å². The van der Waals surface area contributed by atoms with Crippen LogP contribution >= 0.6 is 8.60 Å². The van der Waals surface area contributed by atoms with Crippen LogP contribution in [0.25, 0.3) is 0 Å². The highest BCUT2D eigenvalue weighted by atomic mass is 31.2. The highest BCUT2D eigenvalue weighted by Crippen LogP contribution is 2.43. The molecule has 16 heavy (non-hydrogen) atoms. The van der Waals surface area contributed by atoms with Crippen molar-refractivity contribution in [1.29, 1.82) is 15.8 Å². The fourth-order valence-electron chi connectivity index (χ4n) is 0.533. The Morgan fingerprint density at radius 2 is 1.00 bits per heavy atom. The molecule has 0 aliphatic carbocycles. The van der Waals surface area contributed by atoms with Gasteiger partial charge in [0.05, 0.1) is 18.2 Å². The zero-order valence-electron chi connectivity index (χ0n) is 9.25. The lowest BCUT2D eigenvalue weighted by atomic mass is 10.5. The number of nitrogens with zero attached hydrogens (tertiary/aromatic N) is 3. The molecule has 0 bridgehead atoms. The van der Waals surface area contributed by atoms with Gasteiger partial charge in [-0.25, -0.2) is 0 Å². The summed E-state index contributed by atoms with van der Waals surface area (Å²) in [4.78, 5) is 0. The molecule has 0 aromatic rings. The van der Waals surface area contributed by atoms with Crippen LogP contribution in [0.2, 0.25) is 0 Å². The predicted octanol–water partition coefficient (Wildman–Crippen LogP) is 2.00. The summed E-state index contributed by atoms with van der Waals surface area (Å²) < 4.78 is 15.3. The molecule has 0 amide bonds. The van der Waals surface area contributed by atoms with Crippen LogP contribution in [0.1, 0.15) is 20.8 Å². The predicted molar refractivity (Wildman–Crippen MR) is 55.4 cm³/mol. The molecular weight excluding hydrogens is 229 g/mol. The Morgan fingerprint density at radius 3 is 1.19 bits per heavy atom. The number of nitriles is 3. The van der Waals surface area contributed by atoms with Crippen LogP contribution in [0, 0.1) is 34.0 Å². The molecule has 86 valence electrons. The summed E-state index contributed by atoms with van der Waals surface area (Å²) in [5.41, 5.74) is 0. The number of hydrogen-bond donors (Lipinski definition) is 0. The van der Waals surface area contributed by atoms with Crippen LogP contribution in [0.3, 0.4) is 0 Å². The van der Waals surface area contributed by atoms with E-state index in [4.69, 9.17) is 29.4 Å². The van der Waals surface area contributed by atoms with E-state index in [-0.39, 0.29) is 0 Å². The Hall–Kier alpha value is -1.22. The average Bonchev–Trinajstić information content (AvgIpc) is 2.28. The van der Waals surface area contributed by atoms with Gasteiger partial charge in [-0.1, -0.05) is 0 Å². The van der Waals surface area contributed by atoms with Crippen molar-refractivity contribution in [3.63, 3.8) is 0 Å². The number of hydrogen-bond acceptors (Lipinski definition) is 6. The summed E-state index contributed by atoms with van der Waals surface area (Å²) in [6.07, 6.45) is -2.16. The lowest BCUT2D eigenvalue weighted by Crippen LogP contribution is -2.12. The molecular formula is C9H12N3O3P. The van der Waals surface area contributed by atoms with Crippen LogP contribution in [0.5, 0.6) is 0 Å². The lowest BCUT2D eigenvalue weighted by molar-refractivity contribution is 0.122. The van der Waals surface area contributed by atoms with Gasteiger partial charge in [0.1, 0.15) is 18.3 Å². The molecule has 0 saturated carbocycles. The third-order valence-corrected chi connectivity index (χ3v) is 2.74. The summed E-state index contributed by atoms with van der Waals surface area (Å²) in [6.45, 7) is 4.57. The van der Waals surface area contributed by atoms with E-state index in [1.165, 1.54) is 20.8 Å². The van der Waals surface area contributed by atoms with Crippen molar-refractivity contribution in [2.45, 2.75) is 39.1 Å². The topological polar surface area (TPSA) is 99.1 Å². The third-order valence-electron chi connectivity index (χ3n) is 1.28. The molecule has 0 aromatic carbocycles. The molecule has 0 aromatic heterocycles. The first-order valence-electron chi connectivity index (χ1n) is 4.52. The summed E-state index contributed by atoms with van der Waals surface area (Å²) in [7, 11) is -1.86. The van der Waals surface area contributed by atoms with Crippen molar-refractivity contribution in [3.8, 4) is 18.2 Å². The smallest absolute Gasteiger partial charge is 0.294 e. The van der Waals surface area contributed by atoms with E-state index in [2.05, 4.69) is 0 Å². The van der Waals surface area contributed by atoms with Gasteiger partial charge in [-0.05, 0) is 20.8 Å². The summed E-state index contributed by atoms with van der Waals surface area (Å²) >= 11 is 0. The van der Waals surface area contributed by atoms with E-state index >= 15 is 0 Å². The Morgan fingerprint density at radius 1 is 0.750 bits per heavy atom. The largest absolute Gasteiger partial charge is 0.336 e. The van der Waals surface area contributed by atoms with Gasteiger partial charge in [-0.3, -0.25) is 13.6 Å². The van der Waals surface area contributed by atoms with Crippen molar-refractivity contribution in [1.82, 2.24) is 0 Å². The summed E-state index contributed by atoms with van der Waals surface area (Å²) in [6, 6.07) is 5.54. The molecule has 6 nitrogen and oxygen atoms in total. The van der Waals surface area contributed by atoms with Gasteiger partial charge in [0, 0.05) is 0 Å². The van der Waals surface area contributed by atoms with E-state index in [0.717, 1.165) is 0 Å². The molecule has 0 rings (SSSR count). The quantitative estimate of drug-likeness (QED) is 0.659. The zero-order valence-corrected chi connectivity index (χ0v) is 10.1. The van der Waals surface area contributed by atoms with E-state index in [1.807, 2.05) is 18.2 Å². The van der Waals surface area contributed by atoms with Crippen LogP contribution in [-0.2, 0) is 13.6 Å². The van der Waals surface area contributed by atoms with Crippen molar-refractivity contribution in [2.75, 3.05) is 0 Å². The van der Waals surface area contributed by atoms with Gasteiger partial charge >= 0.3 is 8.60 Å². The van der Waals surface area contributed by atoms with Gasteiger partial charge in [-0.15, -0.1) is 0 Å². The normalized spacial score (nSPS) is 17.2. The molecule has 0 aliphatic rings. The molecule has 3 unspecified atom stereocenters. The zero-order chi connectivity index (χ0) is 12.6. The van der Waals surface area contributed by atoms with Crippen molar-refractivity contribution >= 4 is 8.60 Å². The average molecular weight is 241 g/mol. The second-order valence-electron chi connectivity index (χ2n) is 2.85. The molecule has 3 atom stereocenters. The lowest BCUT2D eigenvalue weighted by Gasteiger charge is -2.19. The van der Waals surface area contributed by atoms with E-state index in [9.17, 15) is 0 Å². The highest BCUT2D eigenvalue weighted by molar-refractivity contribution is 7.41. The maximum Gasteiger partial charge on any atom is 0.336 e.